The van der Waals surface area contributed by atoms with Gasteiger partial charge in [0.1, 0.15) is 18.9 Å². The first-order chi connectivity index (χ1) is 12.4. The van der Waals surface area contributed by atoms with Gasteiger partial charge in [-0.05, 0) is 32.9 Å². The standard InChI is InChI=1S/C17H21Cl3N4O2/c1-4-21-17(23-9-15-24-10(2)11(3)26-15)22-5-6-25-16-13(19)7-12(18)8-14(16)20/h7-8H,4-6,9H2,1-3H3,(H2,21,22,23). The zero-order valence-corrected chi connectivity index (χ0v) is 17.1. The van der Waals surface area contributed by atoms with E-state index in [0.717, 1.165) is 18.0 Å². The maximum atomic E-state index is 6.09. The summed E-state index contributed by atoms with van der Waals surface area (Å²) >= 11 is 18.1. The monoisotopic (exact) mass is 418 g/mol. The zero-order valence-electron chi connectivity index (χ0n) is 14.8. The smallest absolute Gasteiger partial charge is 0.216 e. The van der Waals surface area contributed by atoms with Gasteiger partial charge in [0.2, 0.25) is 5.89 Å². The molecule has 0 aliphatic rings. The summed E-state index contributed by atoms with van der Waals surface area (Å²) in [5, 5.41) is 7.52. The van der Waals surface area contributed by atoms with Crippen molar-refractivity contribution in [1.29, 1.82) is 0 Å². The molecule has 1 heterocycles. The van der Waals surface area contributed by atoms with Gasteiger partial charge in [0.05, 0.1) is 22.3 Å². The summed E-state index contributed by atoms with van der Waals surface area (Å²) in [6.45, 7) is 7.70. The van der Waals surface area contributed by atoms with Crippen molar-refractivity contribution in [3.05, 3.63) is 44.5 Å². The number of hydrogen-bond acceptors (Lipinski definition) is 4. The minimum atomic E-state index is 0.347. The molecule has 0 bridgehead atoms. The van der Waals surface area contributed by atoms with E-state index in [1.807, 2.05) is 20.8 Å². The van der Waals surface area contributed by atoms with Crippen LogP contribution in [0.25, 0.3) is 0 Å². The third-order valence-electron chi connectivity index (χ3n) is 3.39. The second-order valence-electron chi connectivity index (χ2n) is 5.42. The van der Waals surface area contributed by atoms with Crippen LogP contribution in [0.4, 0.5) is 0 Å². The molecule has 0 saturated carbocycles. The van der Waals surface area contributed by atoms with Crippen LogP contribution in [0, 0.1) is 13.8 Å². The highest BCUT2D eigenvalue weighted by Gasteiger charge is 2.09. The molecule has 2 rings (SSSR count). The Morgan fingerprint density at radius 2 is 1.88 bits per heavy atom. The quantitative estimate of drug-likeness (QED) is 0.396. The number of guanidine groups is 1. The van der Waals surface area contributed by atoms with Crippen LogP contribution < -0.4 is 15.4 Å². The number of ether oxygens (including phenoxy) is 1. The van der Waals surface area contributed by atoms with E-state index in [0.29, 0.717) is 52.4 Å². The van der Waals surface area contributed by atoms with E-state index >= 15 is 0 Å². The molecule has 2 aromatic rings. The van der Waals surface area contributed by atoms with Gasteiger partial charge in [-0.15, -0.1) is 0 Å². The third kappa shape index (κ3) is 5.97. The number of hydrogen-bond donors (Lipinski definition) is 2. The second-order valence-corrected chi connectivity index (χ2v) is 6.67. The molecule has 26 heavy (non-hydrogen) atoms. The molecule has 142 valence electrons. The normalized spacial score (nSPS) is 11.5. The lowest BCUT2D eigenvalue weighted by atomic mass is 10.3. The van der Waals surface area contributed by atoms with Crippen molar-refractivity contribution >= 4 is 40.8 Å². The number of rotatable bonds is 7. The molecule has 6 nitrogen and oxygen atoms in total. The largest absolute Gasteiger partial charge is 0.489 e. The fourth-order valence-electron chi connectivity index (χ4n) is 2.08. The van der Waals surface area contributed by atoms with Crippen LogP contribution in [-0.4, -0.2) is 30.6 Å². The molecule has 1 aromatic carbocycles. The molecule has 0 aliphatic heterocycles. The minimum Gasteiger partial charge on any atom is -0.489 e. The molecule has 0 atom stereocenters. The van der Waals surface area contributed by atoms with E-state index in [4.69, 9.17) is 44.0 Å². The summed E-state index contributed by atoms with van der Waals surface area (Å²) in [4.78, 5) is 8.75. The molecule has 2 N–H and O–H groups in total. The first-order valence-electron chi connectivity index (χ1n) is 8.13. The Morgan fingerprint density at radius 3 is 2.46 bits per heavy atom. The number of aryl methyl sites for hydroxylation is 2. The summed E-state index contributed by atoms with van der Waals surface area (Å²) in [7, 11) is 0. The van der Waals surface area contributed by atoms with Crippen molar-refractivity contribution in [2.45, 2.75) is 27.3 Å². The van der Waals surface area contributed by atoms with Crippen LogP contribution in [0.5, 0.6) is 5.75 Å². The van der Waals surface area contributed by atoms with Crippen LogP contribution in [0.3, 0.4) is 0 Å². The predicted molar refractivity (Wildman–Crippen MR) is 106 cm³/mol. The second kappa shape index (κ2) is 9.90. The molecule has 0 aliphatic carbocycles. The number of nitrogens with one attached hydrogen (secondary N) is 2. The zero-order chi connectivity index (χ0) is 19.1. The summed E-state index contributed by atoms with van der Waals surface area (Å²) in [6.07, 6.45) is 0. The molecule has 0 unspecified atom stereocenters. The van der Waals surface area contributed by atoms with E-state index < -0.39 is 0 Å². The average Bonchev–Trinajstić information content (AvgIpc) is 2.89. The number of nitrogens with zero attached hydrogens (tertiary/aromatic N) is 2. The highest BCUT2D eigenvalue weighted by atomic mass is 35.5. The van der Waals surface area contributed by atoms with Crippen LogP contribution in [0.1, 0.15) is 24.3 Å². The molecule has 0 saturated heterocycles. The van der Waals surface area contributed by atoms with E-state index in [1.165, 1.54) is 0 Å². The van der Waals surface area contributed by atoms with Crippen molar-refractivity contribution in [3.63, 3.8) is 0 Å². The Labute approximate surface area is 167 Å². The van der Waals surface area contributed by atoms with Crippen LogP contribution in [0.15, 0.2) is 21.5 Å². The van der Waals surface area contributed by atoms with Crippen molar-refractivity contribution in [2.75, 3.05) is 19.7 Å². The van der Waals surface area contributed by atoms with E-state index in [9.17, 15) is 0 Å². The number of halogens is 3. The lowest BCUT2D eigenvalue weighted by Crippen LogP contribution is -2.39. The molecular weight excluding hydrogens is 399 g/mol. The van der Waals surface area contributed by atoms with Crippen LogP contribution in [0.2, 0.25) is 15.1 Å². The SMILES string of the molecule is CCNC(=NCc1nc(C)c(C)o1)NCCOc1c(Cl)cc(Cl)cc1Cl. The van der Waals surface area contributed by atoms with Gasteiger partial charge in [0.25, 0.3) is 0 Å². The molecule has 9 heteroatoms. The summed E-state index contributed by atoms with van der Waals surface area (Å²) < 4.78 is 11.2. The fourth-order valence-corrected chi connectivity index (χ4v) is 3.01. The lowest BCUT2D eigenvalue weighted by molar-refractivity contribution is 0.322. The van der Waals surface area contributed by atoms with Gasteiger partial charge in [0, 0.05) is 11.6 Å². The van der Waals surface area contributed by atoms with Crippen molar-refractivity contribution in [3.8, 4) is 5.75 Å². The average molecular weight is 420 g/mol. The topological polar surface area (TPSA) is 71.7 Å². The van der Waals surface area contributed by atoms with Gasteiger partial charge < -0.3 is 19.8 Å². The number of oxazole rings is 1. The fraction of sp³-hybridized carbons (Fsp3) is 0.412. The van der Waals surface area contributed by atoms with Gasteiger partial charge in [0.15, 0.2) is 11.7 Å². The van der Waals surface area contributed by atoms with Gasteiger partial charge >= 0.3 is 0 Å². The molecule has 1 aromatic heterocycles. The molecule has 0 spiro atoms. The Balaban J connectivity index is 1.87. The van der Waals surface area contributed by atoms with Crippen LogP contribution >= 0.6 is 34.8 Å². The number of aliphatic imine (C=N–C) groups is 1. The molecule has 0 fully saturated rings. The molecule has 0 radical (unpaired) electrons. The Morgan fingerprint density at radius 1 is 1.19 bits per heavy atom. The third-order valence-corrected chi connectivity index (χ3v) is 4.17. The predicted octanol–water partition coefficient (Wildman–Crippen LogP) is 4.39. The first kappa shape index (κ1) is 20.7. The maximum Gasteiger partial charge on any atom is 0.216 e. The van der Waals surface area contributed by atoms with Crippen molar-refractivity contribution in [1.82, 2.24) is 15.6 Å². The summed E-state index contributed by atoms with van der Waals surface area (Å²) in [5.74, 6) is 2.43. The Hall–Kier alpha value is -1.63. The Kier molecular flexibility index (Phi) is 7.87. The molecular formula is C17H21Cl3N4O2. The van der Waals surface area contributed by atoms with E-state index in [2.05, 4.69) is 20.6 Å². The van der Waals surface area contributed by atoms with Crippen LogP contribution in [-0.2, 0) is 6.54 Å². The van der Waals surface area contributed by atoms with Crippen molar-refractivity contribution < 1.29 is 9.15 Å². The highest BCUT2D eigenvalue weighted by Crippen LogP contribution is 2.35. The number of benzene rings is 1. The first-order valence-corrected chi connectivity index (χ1v) is 9.26. The van der Waals surface area contributed by atoms with Gasteiger partial charge in [-0.2, -0.15) is 0 Å². The highest BCUT2D eigenvalue weighted by molar-refractivity contribution is 6.40. The van der Waals surface area contributed by atoms with Gasteiger partial charge in [-0.3, -0.25) is 0 Å². The van der Waals surface area contributed by atoms with Crippen molar-refractivity contribution in [2.24, 2.45) is 4.99 Å². The maximum absolute atomic E-state index is 6.09. The summed E-state index contributed by atoms with van der Waals surface area (Å²) in [6, 6.07) is 3.17. The summed E-state index contributed by atoms with van der Waals surface area (Å²) in [5.41, 5.74) is 0.873. The molecule has 0 amide bonds. The van der Waals surface area contributed by atoms with Gasteiger partial charge in [-0.25, -0.2) is 9.98 Å². The van der Waals surface area contributed by atoms with Gasteiger partial charge in [-0.1, -0.05) is 34.8 Å². The lowest BCUT2D eigenvalue weighted by Gasteiger charge is -2.13. The van der Waals surface area contributed by atoms with E-state index in [1.54, 1.807) is 12.1 Å². The Bertz CT molecular complexity index is 735. The number of aromatic nitrogens is 1. The van der Waals surface area contributed by atoms with E-state index in [-0.39, 0.29) is 0 Å². The minimum absolute atomic E-state index is 0.347.